The molecule has 214 valence electrons. The van der Waals surface area contributed by atoms with Crippen LogP contribution >= 0.6 is 12.6 Å². The number of thiol groups is 1. The second kappa shape index (κ2) is 15.7. The maximum Gasteiger partial charge on any atom is 0.326 e. The summed E-state index contributed by atoms with van der Waals surface area (Å²) in [6.45, 7) is 0.459. The van der Waals surface area contributed by atoms with Crippen molar-refractivity contribution in [3.05, 3.63) is 36.0 Å². The van der Waals surface area contributed by atoms with E-state index in [9.17, 15) is 29.1 Å². The Morgan fingerprint density at radius 1 is 0.897 bits per heavy atom. The minimum absolute atomic E-state index is 0.0535. The lowest BCUT2D eigenvalue weighted by Crippen LogP contribution is -2.57. The summed E-state index contributed by atoms with van der Waals surface area (Å²) in [5.41, 5.74) is 12.8. The highest BCUT2D eigenvalue weighted by atomic mass is 32.1. The second-order valence-corrected chi connectivity index (χ2v) is 9.46. The average molecular weight is 565 g/mol. The first-order valence-electron chi connectivity index (χ1n) is 12.5. The monoisotopic (exact) mass is 564 g/mol. The number of unbranched alkanes of at least 4 members (excludes halogenated alkanes) is 1. The van der Waals surface area contributed by atoms with Crippen LogP contribution in [-0.2, 0) is 30.4 Å². The molecule has 4 unspecified atom stereocenters. The lowest BCUT2D eigenvalue weighted by atomic mass is 10.0. The molecule has 10 N–H and O–H groups in total. The molecule has 14 heteroatoms. The zero-order valence-electron chi connectivity index (χ0n) is 21.4. The maximum atomic E-state index is 13.1. The molecule has 0 aliphatic carbocycles. The molecule has 0 spiro atoms. The summed E-state index contributed by atoms with van der Waals surface area (Å²) in [4.78, 5) is 64.5. The third kappa shape index (κ3) is 9.89. The number of amides is 3. The molecule has 0 fully saturated rings. The van der Waals surface area contributed by atoms with E-state index in [0.29, 0.717) is 31.4 Å². The molecule has 0 bridgehead atoms. The number of para-hydroxylation sites is 1. The number of aromatic amines is 1. The van der Waals surface area contributed by atoms with Gasteiger partial charge in [0.25, 0.3) is 0 Å². The molecule has 0 radical (unpaired) electrons. The van der Waals surface area contributed by atoms with Crippen LogP contribution in [0.15, 0.2) is 30.5 Å². The highest BCUT2D eigenvalue weighted by molar-refractivity contribution is 7.80. The smallest absolute Gasteiger partial charge is 0.326 e. The van der Waals surface area contributed by atoms with E-state index in [-0.39, 0.29) is 18.6 Å². The molecule has 0 saturated carbocycles. The topological polar surface area (TPSA) is 230 Å². The van der Waals surface area contributed by atoms with Crippen LogP contribution in [0.4, 0.5) is 0 Å². The number of hydrogen-bond donors (Lipinski definition) is 9. The molecule has 39 heavy (non-hydrogen) atoms. The number of carbonyl (C=O) groups excluding carboxylic acids is 3. The lowest BCUT2D eigenvalue weighted by Gasteiger charge is -2.24. The van der Waals surface area contributed by atoms with Crippen molar-refractivity contribution in [2.75, 3.05) is 12.3 Å². The first-order valence-corrected chi connectivity index (χ1v) is 13.2. The van der Waals surface area contributed by atoms with Gasteiger partial charge in [-0.15, -0.1) is 0 Å². The number of benzene rings is 1. The molecule has 0 saturated heterocycles. The molecule has 0 aliphatic heterocycles. The van der Waals surface area contributed by atoms with Crippen molar-refractivity contribution in [3.63, 3.8) is 0 Å². The van der Waals surface area contributed by atoms with E-state index in [0.717, 1.165) is 10.9 Å². The van der Waals surface area contributed by atoms with Crippen molar-refractivity contribution in [1.29, 1.82) is 0 Å². The van der Waals surface area contributed by atoms with E-state index >= 15 is 0 Å². The van der Waals surface area contributed by atoms with Crippen molar-refractivity contribution in [2.45, 2.75) is 62.7 Å². The fourth-order valence-corrected chi connectivity index (χ4v) is 4.17. The number of carboxylic acid groups (broad SMARTS) is 2. The van der Waals surface area contributed by atoms with Gasteiger partial charge in [-0.2, -0.15) is 12.6 Å². The fourth-order valence-electron chi connectivity index (χ4n) is 3.91. The van der Waals surface area contributed by atoms with Crippen molar-refractivity contribution >= 4 is 53.2 Å². The van der Waals surface area contributed by atoms with Crippen LogP contribution < -0.4 is 27.4 Å². The second-order valence-electron chi connectivity index (χ2n) is 9.09. The predicted octanol–water partition coefficient (Wildman–Crippen LogP) is -0.500. The Kier molecular flexibility index (Phi) is 12.7. The Morgan fingerprint density at radius 2 is 1.54 bits per heavy atom. The van der Waals surface area contributed by atoms with E-state index in [1.807, 2.05) is 18.2 Å². The van der Waals surface area contributed by atoms with Crippen LogP contribution in [0.2, 0.25) is 0 Å². The summed E-state index contributed by atoms with van der Waals surface area (Å²) in [5, 5.41) is 26.9. The standard InChI is InChI=1S/C25H36N6O7S/c26-10-4-3-6-16(27)22(34)31-20(13-39)24(36)29-18(8-9-21(32)33)23(35)30-19(25(37)38)11-14-12-28-17-7-2-1-5-15(14)17/h1-2,5,7,12,16,18-20,28,39H,3-4,6,8-11,13,26-27H2,(H,29,36)(H,30,35)(H,31,34)(H,32,33)(H,37,38). The summed E-state index contributed by atoms with van der Waals surface area (Å²) in [7, 11) is 0. The summed E-state index contributed by atoms with van der Waals surface area (Å²) in [5.74, 6) is -4.89. The van der Waals surface area contributed by atoms with Gasteiger partial charge in [0.15, 0.2) is 0 Å². The van der Waals surface area contributed by atoms with Gasteiger partial charge in [0.2, 0.25) is 17.7 Å². The predicted molar refractivity (Wildman–Crippen MR) is 147 cm³/mol. The number of carboxylic acids is 2. The van der Waals surface area contributed by atoms with Crippen LogP contribution in [0.1, 0.15) is 37.7 Å². The minimum atomic E-state index is -1.38. The molecule has 1 aromatic heterocycles. The highest BCUT2D eigenvalue weighted by Crippen LogP contribution is 2.19. The van der Waals surface area contributed by atoms with Crippen molar-refractivity contribution < 1.29 is 34.2 Å². The van der Waals surface area contributed by atoms with Crippen molar-refractivity contribution in [3.8, 4) is 0 Å². The van der Waals surface area contributed by atoms with Crippen LogP contribution in [0.5, 0.6) is 0 Å². The molecule has 1 aromatic carbocycles. The highest BCUT2D eigenvalue weighted by Gasteiger charge is 2.30. The Bertz CT molecular complexity index is 1160. The Morgan fingerprint density at radius 3 is 2.18 bits per heavy atom. The molecule has 1 heterocycles. The minimum Gasteiger partial charge on any atom is -0.481 e. The third-order valence-electron chi connectivity index (χ3n) is 6.11. The third-order valence-corrected chi connectivity index (χ3v) is 6.48. The van der Waals surface area contributed by atoms with Gasteiger partial charge < -0.3 is 42.6 Å². The largest absolute Gasteiger partial charge is 0.481 e. The summed E-state index contributed by atoms with van der Waals surface area (Å²) >= 11 is 4.10. The SMILES string of the molecule is NCCCCC(N)C(=O)NC(CS)C(=O)NC(CCC(=O)O)C(=O)NC(Cc1c[nH]c2ccccc12)C(=O)O. The van der Waals surface area contributed by atoms with Crippen LogP contribution in [0, 0.1) is 0 Å². The van der Waals surface area contributed by atoms with E-state index < -0.39 is 60.2 Å². The summed E-state index contributed by atoms with van der Waals surface area (Å²) in [6, 6.07) is 2.49. The zero-order valence-corrected chi connectivity index (χ0v) is 22.3. The van der Waals surface area contributed by atoms with Crippen molar-refractivity contribution in [2.24, 2.45) is 11.5 Å². The molecular weight excluding hydrogens is 528 g/mol. The number of hydrogen-bond acceptors (Lipinski definition) is 8. The van der Waals surface area contributed by atoms with Gasteiger partial charge in [0, 0.05) is 35.7 Å². The number of aliphatic carboxylic acids is 2. The van der Waals surface area contributed by atoms with E-state index in [1.54, 1.807) is 12.3 Å². The summed E-state index contributed by atoms with van der Waals surface area (Å²) < 4.78 is 0. The quantitative estimate of drug-likeness (QED) is 0.0889. The number of H-pyrrole nitrogens is 1. The molecular formula is C25H36N6O7S. The Hall–Kier alpha value is -3.62. The maximum absolute atomic E-state index is 13.1. The number of nitrogens with one attached hydrogen (secondary N) is 4. The Labute approximate surface area is 230 Å². The fraction of sp³-hybridized carbons (Fsp3) is 0.480. The normalized spacial score (nSPS) is 14.1. The number of nitrogens with two attached hydrogens (primary N) is 2. The molecule has 3 amide bonds. The molecule has 13 nitrogen and oxygen atoms in total. The van der Waals surface area contributed by atoms with Crippen LogP contribution in [0.25, 0.3) is 10.9 Å². The van der Waals surface area contributed by atoms with Gasteiger partial charge in [-0.3, -0.25) is 19.2 Å². The van der Waals surface area contributed by atoms with Gasteiger partial charge in [-0.25, -0.2) is 4.79 Å². The van der Waals surface area contributed by atoms with Gasteiger partial charge >= 0.3 is 11.9 Å². The van der Waals surface area contributed by atoms with Gasteiger partial charge in [0.1, 0.15) is 18.1 Å². The summed E-state index contributed by atoms with van der Waals surface area (Å²) in [6.07, 6.45) is 2.50. The molecule has 2 rings (SSSR count). The first kappa shape index (κ1) is 31.6. The van der Waals surface area contributed by atoms with Gasteiger partial charge in [-0.05, 0) is 37.4 Å². The molecule has 4 atom stereocenters. The number of carbonyl (C=O) groups is 5. The van der Waals surface area contributed by atoms with E-state index in [1.165, 1.54) is 0 Å². The lowest BCUT2D eigenvalue weighted by molar-refractivity contribution is -0.143. The molecule has 2 aromatic rings. The Balaban J connectivity index is 2.10. The van der Waals surface area contributed by atoms with E-state index in [2.05, 4.69) is 33.6 Å². The van der Waals surface area contributed by atoms with Crippen LogP contribution in [0.3, 0.4) is 0 Å². The molecule has 0 aliphatic rings. The van der Waals surface area contributed by atoms with Crippen molar-refractivity contribution in [1.82, 2.24) is 20.9 Å². The number of fused-ring (bicyclic) bond motifs is 1. The number of aromatic nitrogens is 1. The first-order chi connectivity index (χ1) is 18.6. The van der Waals surface area contributed by atoms with Crippen LogP contribution in [-0.4, -0.2) is 81.3 Å². The number of rotatable bonds is 17. The van der Waals surface area contributed by atoms with E-state index in [4.69, 9.17) is 16.6 Å². The zero-order chi connectivity index (χ0) is 28.9. The average Bonchev–Trinajstić information content (AvgIpc) is 3.31. The van der Waals surface area contributed by atoms with Gasteiger partial charge in [-0.1, -0.05) is 24.6 Å². The van der Waals surface area contributed by atoms with Gasteiger partial charge in [0.05, 0.1) is 6.04 Å².